The monoisotopic (exact) mass is 240 g/mol. The molecule has 0 N–H and O–H groups in total. The van der Waals surface area contributed by atoms with Gasteiger partial charge in [0.05, 0.1) is 14.2 Å². The van der Waals surface area contributed by atoms with E-state index in [2.05, 4.69) is 0 Å². The van der Waals surface area contributed by atoms with Gasteiger partial charge in [-0.25, -0.2) is 4.39 Å². The van der Waals surface area contributed by atoms with Crippen LogP contribution < -0.4 is 9.47 Å². The van der Waals surface area contributed by atoms with Crippen LogP contribution in [-0.2, 0) is 11.2 Å². The van der Waals surface area contributed by atoms with Crippen LogP contribution in [0, 0.1) is 19.7 Å². The lowest BCUT2D eigenvalue weighted by Gasteiger charge is -2.17. The number of ether oxygens (including phenoxy) is 2. The molecular weight excluding hydrogens is 223 g/mol. The third-order valence-corrected chi connectivity index (χ3v) is 2.77. The van der Waals surface area contributed by atoms with Crippen molar-refractivity contribution in [1.82, 2.24) is 0 Å². The minimum Gasteiger partial charge on any atom is -0.496 e. The van der Waals surface area contributed by atoms with Crippen molar-refractivity contribution in [2.24, 2.45) is 0 Å². The number of hydrogen-bond acceptors (Lipinski definition) is 3. The second-order valence-electron chi connectivity index (χ2n) is 3.99. The van der Waals surface area contributed by atoms with Crippen LogP contribution in [-0.4, -0.2) is 20.0 Å². The van der Waals surface area contributed by atoms with Crippen LogP contribution in [0.25, 0.3) is 0 Å². The van der Waals surface area contributed by atoms with Crippen molar-refractivity contribution < 1.29 is 18.7 Å². The van der Waals surface area contributed by atoms with Crippen LogP contribution in [0.15, 0.2) is 0 Å². The van der Waals surface area contributed by atoms with Crippen LogP contribution >= 0.6 is 0 Å². The zero-order valence-corrected chi connectivity index (χ0v) is 10.8. The van der Waals surface area contributed by atoms with Gasteiger partial charge in [-0.15, -0.1) is 0 Å². The molecule has 0 saturated heterocycles. The zero-order chi connectivity index (χ0) is 13.2. The summed E-state index contributed by atoms with van der Waals surface area (Å²) in [6, 6.07) is 0. The number of Topliss-reactive ketones (excluding diaryl/α,β-unsaturated/α-hetero) is 1. The fourth-order valence-corrected chi connectivity index (χ4v) is 1.95. The Bertz CT molecular complexity index is 453. The van der Waals surface area contributed by atoms with Crippen molar-refractivity contribution in [2.75, 3.05) is 14.2 Å². The SMILES string of the molecule is COc1c(C)c(CC(C)=O)c(OC)c(C)c1F. The van der Waals surface area contributed by atoms with E-state index in [4.69, 9.17) is 9.47 Å². The molecule has 0 atom stereocenters. The molecule has 0 unspecified atom stereocenters. The van der Waals surface area contributed by atoms with Gasteiger partial charge in [-0.05, 0) is 20.8 Å². The maximum Gasteiger partial charge on any atom is 0.171 e. The van der Waals surface area contributed by atoms with E-state index in [1.54, 1.807) is 13.8 Å². The molecule has 0 aliphatic heterocycles. The van der Waals surface area contributed by atoms with E-state index in [0.717, 1.165) is 0 Å². The van der Waals surface area contributed by atoms with Gasteiger partial charge in [-0.1, -0.05) is 0 Å². The van der Waals surface area contributed by atoms with Gasteiger partial charge < -0.3 is 9.47 Å². The fraction of sp³-hybridized carbons (Fsp3) is 0.462. The summed E-state index contributed by atoms with van der Waals surface area (Å²) in [5.74, 6) is 0.171. The van der Waals surface area contributed by atoms with Crippen LogP contribution in [0.4, 0.5) is 4.39 Å². The molecule has 1 aromatic carbocycles. The smallest absolute Gasteiger partial charge is 0.171 e. The lowest BCUT2D eigenvalue weighted by Crippen LogP contribution is -2.07. The van der Waals surface area contributed by atoms with Crippen molar-refractivity contribution in [3.63, 3.8) is 0 Å². The molecule has 1 aromatic rings. The molecule has 0 aliphatic rings. The number of hydrogen-bond donors (Lipinski definition) is 0. The number of halogens is 1. The van der Waals surface area contributed by atoms with E-state index in [1.165, 1.54) is 21.1 Å². The highest BCUT2D eigenvalue weighted by Crippen LogP contribution is 2.37. The molecule has 4 heteroatoms. The molecule has 0 radical (unpaired) electrons. The average molecular weight is 240 g/mol. The van der Waals surface area contributed by atoms with Crippen molar-refractivity contribution in [3.05, 3.63) is 22.5 Å². The van der Waals surface area contributed by atoms with Gasteiger partial charge in [-0.2, -0.15) is 0 Å². The Morgan fingerprint density at radius 3 is 2.06 bits per heavy atom. The third kappa shape index (κ3) is 2.40. The zero-order valence-electron chi connectivity index (χ0n) is 10.8. The molecule has 94 valence electrons. The Kier molecular flexibility index (Phi) is 4.10. The molecule has 17 heavy (non-hydrogen) atoms. The molecule has 0 fully saturated rings. The van der Waals surface area contributed by atoms with Crippen LogP contribution in [0.1, 0.15) is 23.6 Å². The summed E-state index contributed by atoms with van der Waals surface area (Å²) in [6.07, 6.45) is 0.215. The normalized spacial score (nSPS) is 10.2. The Morgan fingerprint density at radius 1 is 1.12 bits per heavy atom. The standard InChI is InChI=1S/C13H17FO3/c1-7(15)6-10-8(2)13(17-5)11(14)9(3)12(10)16-4/h6H2,1-5H3. The Labute approximate surface area is 101 Å². The van der Waals surface area contributed by atoms with Crippen molar-refractivity contribution in [3.8, 4) is 11.5 Å². The Balaban J connectivity index is 3.54. The van der Waals surface area contributed by atoms with Gasteiger partial charge in [0.15, 0.2) is 11.6 Å². The Hall–Kier alpha value is -1.58. The highest BCUT2D eigenvalue weighted by atomic mass is 19.1. The van der Waals surface area contributed by atoms with Crippen molar-refractivity contribution in [1.29, 1.82) is 0 Å². The topological polar surface area (TPSA) is 35.5 Å². The number of methoxy groups -OCH3 is 2. The van der Waals surface area contributed by atoms with Crippen LogP contribution in [0.2, 0.25) is 0 Å². The number of benzene rings is 1. The van der Waals surface area contributed by atoms with E-state index in [9.17, 15) is 9.18 Å². The number of ketones is 1. The first-order chi connectivity index (χ1) is 7.93. The van der Waals surface area contributed by atoms with E-state index in [0.29, 0.717) is 22.4 Å². The first-order valence-electron chi connectivity index (χ1n) is 5.32. The quantitative estimate of drug-likeness (QED) is 0.811. The summed E-state index contributed by atoms with van der Waals surface area (Å²) in [4.78, 5) is 11.2. The minimum atomic E-state index is -0.436. The van der Waals surface area contributed by atoms with E-state index < -0.39 is 5.82 Å². The van der Waals surface area contributed by atoms with Crippen molar-refractivity contribution in [2.45, 2.75) is 27.2 Å². The maximum absolute atomic E-state index is 13.9. The largest absolute Gasteiger partial charge is 0.496 e. The molecule has 0 spiro atoms. The summed E-state index contributed by atoms with van der Waals surface area (Å²) in [5.41, 5.74) is 1.67. The molecular formula is C13H17FO3. The van der Waals surface area contributed by atoms with Gasteiger partial charge >= 0.3 is 0 Å². The number of carbonyl (C=O) groups excluding carboxylic acids is 1. The summed E-state index contributed by atoms with van der Waals surface area (Å²) < 4.78 is 24.2. The molecule has 0 aromatic heterocycles. The highest BCUT2D eigenvalue weighted by molar-refractivity contribution is 5.80. The number of carbonyl (C=O) groups is 1. The number of rotatable bonds is 4. The first kappa shape index (κ1) is 13.5. The lowest BCUT2D eigenvalue weighted by atomic mass is 9.97. The highest BCUT2D eigenvalue weighted by Gasteiger charge is 2.21. The molecule has 0 bridgehead atoms. The molecule has 0 aliphatic carbocycles. The van der Waals surface area contributed by atoms with Crippen molar-refractivity contribution >= 4 is 5.78 Å². The fourth-order valence-electron chi connectivity index (χ4n) is 1.95. The van der Waals surface area contributed by atoms with Gasteiger partial charge in [0.1, 0.15) is 11.5 Å². The van der Waals surface area contributed by atoms with Gasteiger partial charge in [0, 0.05) is 23.1 Å². The predicted molar refractivity (Wildman–Crippen MR) is 63.4 cm³/mol. The van der Waals surface area contributed by atoms with Gasteiger partial charge in [0.25, 0.3) is 0 Å². The van der Waals surface area contributed by atoms with E-state index in [1.807, 2.05) is 0 Å². The van der Waals surface area contributed by atoms with Crippen LogP contribution in [0.5, 0.6) is 11.5 Å². The summed E-state index contributed by atoms with van der Waals surface area (Å²) in [7, 11) is 2.88. The molecule has 3 nitrogen and oxygen atoms in total. The molecule has 0 saturated carbocycles. The molecule has 0 heterocycles. The average Bonchev–Trinajstić information content (AvgIpc) is 2.27. The first-order valence-corrected chi connectivity index (χ1v) is 5.32. The minimum absolute atomic E-state index is 0.000499. The van der Waals surface area contributed by atoms with Gasteiger partial charge in [-0.3, -0.25) is 4.79 Å². The summed E-state index contributed by atoms with van der Waals surface area (Å²) >= 11 is 0. The maximum atomic E-state index is 13.9. The second-order valence-corrected chi connectivity index (χ2v) is 3.99. The third-order valence-electron chi connectivity index (χ3n) is 2.77. The second kappa shape index (κ2) is 5.17. The molecule has 0 amide bonds. The van der Waals surface area contributed by atoms with E-state index >= 15 is 0 Å². The van der Waals surface area contributed by atoms with Crippen LogP contribution in [0.3, 0.4) is 0 Å². The lowest BCUT2D eigenvalue weighted by molar-refractivity contribution is -0.116. The predicted octanol–water partition coefficient (Wildman–Crippen LogP) is 2.59. The molecule has 1 rings (SSSR count). The van der Waals surface area contributed by atoms with Gasteiger partial charge in [0.2, 0.25) is 0 Å². The van der Waals surface area contributed by atoms with E-state index in [-0.39, 0.29) is 18.0 Å². The Morgan fingerprint density at radius 2 is 1.65 bits per heavy atom. The summed E-state index contributed by atoms with van der Waals surface area (Å²) in [6.45, 7) is 4.83. The summed E-state index contributed by atoms with van der Waals surface area (Å²) in [5, 5.41) is 0.